The van der Waals surface area contributed by atoms with Crippen molar-refractivity contribution in [2.45, 2.75) is 12.1 Å². The molecule has 1 aromatic carbocycles. The average Bonchev–Trinajstić information content (AvgIpc) is 3.31. The van der Waals surface area contributed by atoms with Gasteiger partial charge in [-0.25, -0.2) is 0 Å². The van der Waals surface area contributed by atoms with Gasteiger partial charge in [-0.1, -0.05) is 17.8 Å². The number of aromatic nitrogens is 2. The van der Waals surface area contributed by atoms with Crippen LogP contribution in [0.4, 0.5) is 11.4 Å². The Morgan fingerprint density at radius 1 is 1.26 bits per heavy atom. The molecule has 0 fully saturated rings. The van der Waals surface area contributed by atoms with Crippen molar-refractivity contribution < 1.29 is 18.7 Å². The molecule has 0 aliphatic carbocycles. The Kier molecular flexibility index (Phi) is 6.09. The van der Waals surface area contributed by atoms with Crippen molar-refractivity contribution >= 4 is 46.3 Å². The first kappa shape index (κ1) is 18.9. The number of carbonyl (C=O) groups is 2. The Morgan fingerprint density at radius 3 is 2.81 bits per heavy atom. The summed E-state index contributed by atoms with van der Waals surface area (Å²) in [6, 6.07) is 8.76. The summed E-state index contributed by atoms with van der Waals surface area (Å²) in [7, 11) is 1.50. The van der Waals surface area contributed by atoms with Crippen LogP contribution in [0.25, 0.3) is 10.8 Å². The standard InChI is InChI=1S/C17H16N4O4S2/c1-10(22)18-11-5-6-13(24-2)12(8-11)19-15(23)9-27-17-21-20-16(25-17)14-4-3-7-26-14/h3-8H,9H2,1-2H3,(H,18,22)(H,19,23). The molecule has 3 aromatic rings. The Bertz CT molecular complexity index is 940. The summed E-state index contributed by atoms with van der Waals surface area (Å²) in [6.07, 6.45) is 0. The molecule has 140 valence electrons. The Morgan fingerprint density at radius 2 is 2.11 bits per heavy atom. The van der Waals surface area contributed by atoms with Crippen molar-refractivity contribution in [3.05, 3.63) is 35.7 Å². The predicted molar refractivity (Wildman–Crippen MR) is 104 cm³/mol. The fourth-order valence-electron chi connectivity index (χ4n) is 2.17. The summed E-state index contributed by atoms with van der Waals surface area (Å²) in [5.41, 5.74) is 1.02. The van der Waals surface area contributed by atoms with Crippen LogP contribution < -0.4 is 15.4 Å². The molecule has 2 heterocycles. The molecule has 0 radical (unpaired) electrons. The van der Waals surface area contributed by atoms with Gasteiger partial charge in [0.15, 0.2) is 0 Å². The molecule has 0 aliphatic heterocycles. The molecule has 8 nitrogen and oxygen atoms in total. The minimum absolute atomic E-state index is 0.0829. The number of hydrogen-bond acceptors (Lipinski definition) is 8. The topological polar surface area (TPSA) is 106 Å². The molecule has 0 aliphatic rings. The van der Waals surface area contributed by atoms with Crippen LogP contribution >= 0.6 is 23.1 Å². The van der Waals surface area contributed by atoms with Crippen molar-refractivity contribution in [1.29, 1.82) is 0 Å². The number of ether oxygens (including phenoxy) is 1. The third kappa shape index (κ3) is 5.08. The van der Waals surface area contributed by atoms with Gasteiger partial charge in [-0.2, -0.15) is 0 Å². The van der Waals surface area contributed by atoms with E-state index in [-0.39, 0.29) is 17.6 Å². The van der Waals surface area contributed by atoms with E-state index in [1.165, 1.54) is 25.4 Å². The van der Waals surface area contributed by atoms with Crippen LogP contribution in [-0.4, -0.2) is 34.9 Å². The van der Waals surface area contributed by atoms with Crippen LogP contribution in [-0.2, 0) is 9.59 Å². The maximum atomic E-state index is 12.3. The van der Waals surface area contributed by atoms with Crippen LogP contribution in [0.15, 0.2) is 45.4 Å². The van der Waals surface area contributed by atoms with Crippen molar-refractivity contribution in [1.82, 2.24) is 10.2 Å². The SMILES string of the molecule is COc1ccc(NC(C)=O)cc1NC(=O)CSc1nnc(-c2cccs2)o1. The second-order valence-electron chi connectivity index (χ2n) is 5.28. The van der Waals surface area contributed by atoms with E-state index < -0.39 is 0 Å². The lowest BCUT2D eigenvalue weighted by Crippen LogP contribution is -2.15. The number of anilines is 2. The highest BCUT2D eigenvalue weighted by molar-refractivity contribution is 7.99. The lowest BCUT2D eigenvalue weighted by molar-refractivity contribution is -0.114. The Hall–Kier alpha value is -2.85. The van der Waals surface area contributed by atoms with Gasteiger partial charge in [0.05, 0.1) is 23.4 Å². The van der Waals surface area contributed by atoms with Gasteiger partial charge in [0.1, 0.15) is 5.75 Å². The molecular formula is C17H16N4O4S2. The van der Waals surface area contributed by atoms with E-state index in [2.05, 4.69) is 20.8 Å². The third-order valence-corrected chi connectivity index (χ3v) is 4.94. The molecule has 0 spiro atoms. The molecule has 10 heteroatoms. The predicted octanol–water partition coefficient (Wildman–Crippen LogP) is 3.50. The Balaban J connectivity index is 1.61. The van der Waals surface area contributed by atoms with E-state index in [1.807, 2.05) is 17.5 Å². The number of amides is 2. The van der Waals surface area contributed by atoms with Crippen molar-refractivity contribution in [2.24, 2.45) is 0 Å². The zero-order valence-corrected chi connectivity index (χ0v) is 16.1. The molecular weight excluding hydrogens is 388 g/mol. The Labute approximate surface area is 163 Å². The van der Waals surface area contributed by atoms with E-state index in [0.717, 1.165) is 16.6 Å². The zero-order chi connectivity index (χ0) is 19.2. The van der Waals surface area contributed by atoms with Crippen LogP contribution in [0, 0.1) is 0 Å². The van der Waals surface area contributed by atoms with Gasteiger partial charge in [-0.05, 0) is 29.6 Å². The first-order valence-corrected chi connectivity index (χ1v) is 9.67. The van der Waals surface area contributed by atoms with Gasteiger partial charge < -0.3 is 19.8 Å². The van der Waals surface area contributed by atoms with E-state index in [4.69, 9.17) is 9.15 Å². The summed E-state index contributed by atoms with van der Waals surface area (Å²) in [6.45, 7) is 1.41. The minimum atomic E-state index is -0.269. The van der Waals surface area contributed by atoms with E-state index in [1.54, 1.807) is 18.2 Å². The maximum absolute atomic E-state index is 12.3. The highest BCUT2D eigenvalue weighted by Crippen LogP contribution is 2.29. The van der Waals surface area contributed by atoms with Crippen molar-refractivity contribution in [2.75, 3.05) is 23.5 Å². The number of methoxy groups -OCH3 is 1. The number of hydrogen-bond donors (Lipinski definition) is 2. The van der Waals surface area contributed by atoms with Crippen LogP contribution in [0.5, 0.6) is 5.75 Å². The largest absolute Gasteiger partial charge is 0.495 e. The average molecular weight is 404 g/mol. The monoisotopic (exact) mass is 404 g/mol. The first-order chi connectivity index (χ1) is 13.0. The minimum Gasteiger partial charge on any atom is -0.495 e. The van der Waals surface area contributed by atoms with Gasteiger partial charge >= 0.3 is 0 Å². The van der Waals surface area contributed by atoms with E-state index in [9.17, 15) is 9.59 Å². The second-order valence-corrected chi connectivity index (χ2v) is 7.16. The molecule has 0 bridgehead atoms. The summed E-state index contributed by atoms with van der Waals surface area (Å²) in [5, 5.41) is 15.5. The number of rotatable bonds is 7. The summed E-state index contributed by atoms with van der Waals surface area (Å²) < 4.78 is 10.8. The normalized spacial score (nSPS) is 10.4. The molecule has 2 aromatic heterocycles. The van der Waals surface area contributed by atoms with Gasteiger partial charge in [-0.15, -0.1) is 21.5 Å². The summed E-state index contributed by atoms with van der Waals surface area (Å²) in [5.74, 6) is 0.525. The van der Waals surface area contributed by atoms with Crippen LogP contribution in [0.2, 0.25) is 0 Å². The third-order valence-electron chi connectivity index (χ3n) is 3.26. The van der Waals surface area contributed by atoms with Crippen LogP contribution in [0.1, 0.15) is 6.92 Å². The molecule has 0 unspecified atom stereocenters. The fraction of sp³-hybridized carbons (Fsp3) is 0.176. The smallest absolute Gasteiger partial charge is 0.277 e. The number of thiophene rings is 1. The fourth-order valence-corrected chi connectivity index (χ4v) is 3.38. The maximum Gasteiger partial charge on any atom is 0.277 e. The number of thioether (sulfide) groups is 1. The van der Waals surface area contributed by atoms with Crippen molar-refractivity contribution in [3.8, 4) is 16.5 Å². The van der Waals surface area contributed by atoms with Gasteiger partial charge in [0, 0.05) is 12.6 Å². The van der Waals surface area contributed by atoms with Gasteiger partial charge in [0.2, 0.25) is 11.8 Å². The molecule has 27 heavy (non-hydrogen) atoms. The van der Waals surface area contributed by atoms with Crippen molar-refractivity contribution in [3.63, 3.8) is 0 Å². The number of nitrogens with zero attached hydrogens (tertiary/aromatic N) is 2. The summed E-state index contributed by atoms with van der Waals surface area (Å²) in [4.78, 5) is 24.3. The lowest BCUT2D eigenvalue weighted by atomic mass is 10.2. The molecule has 3 rings (SSSR count). The zero-order valence-electron chi connectivity index (χ0n) is 14.5. The van der Waals surface area contributed by atoms with Crippen LogP contribution in [0.3, 0.4) is 0 Å². The quantitative estimate of drug-likeness (QED) is 0.581. The molecule has 0 atom stereocenters. The number of nitrogens with one attached hydrogen (secondary N) is 2. The molecule has 0 saturated carbocycles. The lowest BCUT2D eigenvalue weighted by Gasteiger charge is -2.12. The highest BCUT2D eigenvalue weighted by atomic mass is 32.2. The molecule has 0 saturated heterocycles. The van der Waals surface area contributed by atoms with E-state index in [0.29, 0.717) is 28.2 Å². The second kappa shape index (κ2) is 8.69. The number of carbonyl (C=O) groups excluding carboxylic acids is 2. The highest BCUT2D eigenvalue weighted by Gasteiger charge is 2.13. The molecule has 2 amide bonds. The number of benzene rings is 1. The van der Waals surface area contributed by atoms with Gasteiger partial charge in [0.25, 0.3) is 11.1 Å². The van der Waals surface area contributed by atoms with E-state index >= 15 is 0 Å². The summed E-state index contributed by atoms with van der Waals surface area (Å²) >= 11 is 2.63. The molecule has 2 N–H and O–H groups in total. The van der Waals surface area contributed by atoms with Gasteiger partial charge in [-0.3, -0.25) is 9.59 Å². The first-order valence-electron chi connectivity index (χ1n) is 7.81.